The smallest absolute Gasteiger partial charge is 0.222 e. The topological polar surface area (TPSA) is 89.8 Å². The van der Waals surface area contributed by atoms with Crippen molar-refractivity contribution in [1.82, 2.24) is 5.32 Å². The van der Waals surface area contributed by atoms with Gasteiger partial charge in [-0.25, -0.2) is 0 Å². The average molecular weight is 554 g/mol. The van der Waals surface area contributed by atoms with Crippen LogP contribution in [0.1, 0.15) is 174 Å². The van der Waals surface area contributed by atoms with E-state index in [1.54, 1.807) is 0 Å². The van der Waals surface area contributed by atoms with Crippen molar-refractivity contribution in [2.75, 3.05) is 6.61 Å². The Morgan fingerprint density at radius 3 is 1.51 bits per heavy atom. The summed E-state index contributed by atoms with van der Waals surface area (Å²) < 4.78 is 0. The molecule has 0 rings (SSSR count). The summed E-state index contributed by atoms with van der Waals surface area (Å²) >= 11 is 0. The van der Waals surface area contributed by atoms with Gasteiger partial charge in [-0.05, 0) is 38.5 Å². The van der Waals surface area contributed by atoms with Crippen LogP contribution >= 0.6 is 0 Å². The van der Waals surface area contributed by atoms with Gasteiger partial charge in [0, 0.05) is 0 Å². The number of carbonyl (C=O) groups is 1. The normalized spacial score (nSPS) is 14.1. The predicted octanol–water partition coefficient (Wildman–Crippen LogP) is 8.53. The molecule has 0 fully saturated rings. The molecule has 0 aromatic rings. The number of unbranched alkanes of at least 4 members (excludes halogenated alkanes) is 19. The van der Waals surface area contributed by atoms with Crippen LogP contribution in [0.25, 0.3) is 0 Å². The third kappa shape index (κ3) is 27.0. The Labute approximate surface area is 242 Å². The van der Waals surface area contributed by atoms with E-state index in [0.29, 0.717) is 12.8 Å². The molecule has 232 valence electrons. The highest BCUT2D eigenvalue weighted by Gasteiger charge is 2.21. The van der Waals surface area contributed by atoms with Crippen LogP contribution < -0.4 is 5.32 Å². The minimum absolute atomic E-state index is 0.0325. The molecule has 1 amide bonds. The second kappa shape index (κ2) is 30.1. The van der Waals surface area contributed by atoms with Gasteiger partial charge in [-0.3, -0.25) is 4.79 Å². The zero-order chi connectivity index (χ0) is 28.8. The summed E-state index contributed by atoms with van der Waals surface area (Å²) in [6.45, 7) is 4.21. The van der Waals surface area contributed by atoms with Crippen LogP contribution in [-0.4, -0.2) is 46.1 Å². The largest absolute Gasteiger partial charge is 0.394 e. The molecule has 5 nitrogen and oxygen atoms in total. The molecule has 0 bridgehead atoms. The lowest BCUT2D eigenvalue weighted by molar-refractivity contribution is -0.125. The van der Waals surface area contributed by atoms with Gasteiger partial charge in [0.05, 0.1) is 31.3 Å². The summed E-state index contributed by atoms with van der Waals surface area (Å²) in [6.07, 6.45) is 31.5. The number of carbonyl (C=O) groups excluding carboxylic acids is 1. The zero-order valence-corrected chi connectivity index (χ0v) is 26.0. The fourth-order valence-electron chi connectivity index (χ4n) is 5.16. The van der Waals surface area contributed by atoms with Gasteiger partial charge in [-0.1, -0.05) is 142 Å². The summed E-state index contributed by atoms with van der Waals surface area (Å²) in [5, 5.41) is 33.1. The molecule has 0 aliphatic rings. The number of hydrogen-bond donors (Lipinski definition) is 4. The highest BCUT2D eigenvalue weighted by atomic mass is 16.3. The highest BCUT2D eigenvalue weighted by Crippen LogP contribution is 2.14. The number of rotatable bonds is 30. The highest BCUT2D eigenvalue weighted by molar-refractivity contribution is 5.76. The van der Waals surface area contributed by atoms with E-state index in [9.17, 15) is 20.1 Å². The van der Waals surface area contributed by atoms with Crippen LogP contribution in [0, 0.1) is 0 Å². The molecule has 0 saturated carbocycles. The molecule has 3 atom stereocenters. The first-order chi connectivity index (χ1) is 19.0. The van der Waals surface area contributed by atoms with E-state index in [2.05, 4.69) is 31.3 Å². The number of aliphatic hydroxyl groups excluding tert-OH is 3. The van der Waals surface area contributed by atoms with E-state index < -0.39 is 18.2 Å². The molecule has 4 N–H and O–H groups in total. The summed E-state index contributed by atoms with van der Waals surface area (Å²) in [7, 11) is 0. The number of amides is 1. The van der Waals surface area contributed by atoms with Crippen LogP contribution in [0.5, 0.6) is 0 Å². The zero-order valence-electron chi connectivity index (χ0n) is 26.0. The Bertz CT molecular complexity index is 539. The van der Waals surface area contributed by atoms with Crippen molar-refractivity contribution in [3.05, 3.63) is 12.2 Å². The number of nitrogens with one attached hydrogen (secondary N) is 1. The first-order valence-corrected chi connectivity index (χ1v) is 17.0. The molecule has 0 heterocycles. The van der Waals surface area contributed by atoms with Crippen LogP contribution in [0.15, 0.2) is 12.2 Å². The van der Waals surface area contributed by atoms with E-state index in [1.807, 2.05) is 0 Å². The Morgan fingerprint density at radius 2 is 1.03 bits per heavy atom. The lowest BCUT2D eigenvalue weighted by Gasteiger charge is -2.23. The summed E-state index contributed by atoms with van der Waals surface area (Å²) in [5.41, 5.74) is 0. The van der Waals surface area contributed by atoms with E-state index in [1.165, 1.54) is 109 Å². The van der Waals surface area contributed by atoms with Gasteiger partial charge in [-0.2, -0.15) is 0 Å². The quantitative estimate of drug-likeness (QED) is 0.0530. The maximum atomic E-state index is 12.3. The molecule has 0 radical (unpaired) electrons. The molecule has 3 unspecified atom stereocenters. The van der Waals surface area contributed by atoms with Crippen molar-refractivity contribution in [3.8, 4) is 0 Å². The van der Waals surface area contributed by atoms with Gasteiger partial charge < -0.3 is 20.6 Å². The first kappa shape index (κ1) is 38.1. The fraction of sp³-hybridized carbons (Fsp3) is 0.912. The Hall–Kier alpha value is -0.910. The number of aliphatic hydroxyl groups is 3. The van der Waals surface area contributed by atoms with E-state index in [0.717, 1.165) is 32.1 Å². The van der Waals surface area contributed by atoms with Gasteiger partial charge in [0.25, 0.3) is 0 Å². The monoisotopic (exact) mass is 554 g/mol. The number of allylic oxidation sites excluding steroid dienone is 2. The molecule has 39 heavy (non-hydrogen) atoms. The summed E-state index contributed by atoms with van der Waals surface area (Å²) in [6, 6.07) is -0.654. The average Bonchev–Trinajstić information content (AvgIpc) is 2.92. The number of hydrogen-bond acceptors (Lipinski definition) is 4. The van der Waals surface area contributed by atoms with E-state index >= 15 is 0 Å². The van der Waals surface area contributed by atoms with Crippen molar-refractivity contribution in [1.29, 1.82) is 0 Å². The molecule has 0 aliphatic carbocycles. The fourth-order valence-corrected chi connectivity index (χ4v) is 5.16. The predicted molar refractivity (Wildman–Crippen MR) is 167 cm³/mol. The molecule has 0 aliphatic heterocycles. The van der Waals surface area contributed by atoms with Gasteiger partial charge in [0.15, 0.2) is 0 Å². The third-order valence-electron chi connectivity index (χ3n) is 7.83. The first-order valence-electron chi connectivity index (χ1n) is 17.0. The van der Waals surface area contributed by atoms with Crippen molar-refractivity contribution in [2.24, 2.45) is 0 Å². The molecule has 0 saturated heterocycles. The van der Waals surface area contributed by atoms with Crippen LogP contribution in [-0.2, 0) is 4.79 Å². The minimum Gasteiger partial charge on any atom is -0.394 e. The van der Waals surface area contributed by atoms with Crippen molar-refractivity contribution in [2.45, 2.75) is 193 Å². The summed E-state index contributed by atoms with van der Waals surface area (Å²) in [5.74, 6) is -0.291. The summed E-state index contributed by atoms with van der Waals surface area (Å²) in [4.78, 5) is 12.3. The molecule has 5 heteroatoms. The maximum Gasteiger partial charge on any atom is 0.222 e. The Kier molecular flexibility index (Phi) is 29.4. The standard InChI is InChI=1S/C34H67NO4/c1-3-5-7-9-11-13-15-16-18-19-21-23-25-27-31(37)29-34(39)35-32(30-36)33(38)28-26-24-22-20-17-14-12-10-8-6-4-2/h13,15,31-33,36-38H,3-12,14,16-30H2,1-2H3,(H,35,39)/b15-13-. The molecule has 0 aromatic heterocycles. The van der Waals surface area contributed by atoms with Crippen molar-refractivity contribution >= 4 is 5.91 Å². The molecule has 0 spiro atoms. The van der Waals surface area contributed by atoms with Gasteiger partial charge in [0.2, 0.25) is 5.91 Å². The SMILES string of the molecule is CCCCCC/C=C\CCCCCCCC(O)CC(=O)NC(CO)C(O)CCCCCCCCCCCCC. The Morgan fingerprint density at radius 1 is 0.615 bits per heavy atom. The lowest BCUT2D eigenvalue weighted by atomic mass is 10.0. The van der Waals surface area contributed by atoms with E-state index in [-0.39, 0.29) is 18.9 Å². The molecule has 0 aromatic carbocycles. The van der Waals surface area contributed by atoms with Gasteiger partial charge >= 0.3 is 0 Å². The lowest BCUT2D eigenvalue weighted by Crippen LogP contribution is -2.46. The van der Waals surface area contributed by atoms with E-state index in [4.69, 9.17) is 0 Å². The molecular formula is C34H67NO4. The minimum atomic E-state index is -0.745. The maximum absolute atomic E-state index is 12.3. The van der Waals surface area contributed by atoms with Crippen LogP contribution in [0.2, 0.25) is 0 Å². The van der Waals surface area contributed by atoms with Crippen LogP contribution in [0.3, 0.4) is 0 Å². The van der Waals surface area contributed by atoms with Gasteiger partial charge in [-0.15, -0.1) is 0 Å². The third-order valence-corrected chi connectivity index (χ3v) is 7.83. The van der Waals surface area contributed by atoms with Crippen molar-refractivity contribution < 1.29 is 20.1 Å². The molecular weight excluding hydrogens is 486 g/mol. The second-order valence-corrected chi connectivity index (χ2v) is 11.8. The van der Waals surface area contributed by atoms with Crippen molar-refractivity contribution in [3.63, 3.8) is 0 Å². The Balaban J connectivity index is 3.72. The second-order valence-electron chi connectivity index (χ2n) is 11.8. The van der Waals surface area contributed by atoms with Gasteiger partial charge in [0.1, 0.15) is 0 Å². The van der Waals surface area contributed by atoms with Crippen LogP contribution in [0.4, 0.5) is 0 Å².